The lowest BCUT2D eigenvalue weighted by Gasteiger charge is -2.34. The fourth-order valence-electron chi connectivity index (χ4n) is 5.51. The molecule has 0 radical (unpaired) electrons. The van der Waals surface area contributed by atoms with Gasteiger partial charge in [-0.25, -0.2) is 0 Å². The first kappa shape index (κ1) is 26.0. The molecule has 200 valence electrons. The molecule has 3 heterocycles. The molecular formula is C30H38N6O2. The molecule has 0 saturated carbocycles. The highest BCUT2D eigenvalue weighted by Crippen LogP contribution is 2.37. The summed E-state index contributed by atoms with van der Waals surface area (Å²) < 4.78 is 1.81. The third kappa shape index (κ3) is 5.31. The van der Waals surface area contributed by atoms with Crippen LogP contribution in [0.3, 0.4) is 0 Å². The Morgan fingerprint density at radius 1 is 1.03 bits per heavy atom. The van der Waals surface area contributed by atoms with Crippen molar-refractivity contribution in [2.75, 3.05) is 42.9 Å². The number of piperazine rings is 1. The van der Waals surface area contributed by atoms with Gasteiger partial charge in [-0.3, -0.25) is 19.2 Å². The van der Waals surface area contributed by atoms with Gasteiger partial charge in [0.05, 0.1) is 24.1 Å². The van der Waals surface area contributed by atoms with Crippen LogP contribution in [0.25, 0.3) is 0 Å². The van der Waals surface area contributed by atoms with Crippen LogP contribution in [0.4, 0.5) is 17.2 Å². The monoisotopic (exact) mass is 514 g/mol. The third-order valence-corrected chi connectivity index (χ3v) is 7.75. The molecule has 1 saturated heterocycles. The van der Waals surface area contributed by atoms with Gasteiger partial charge in [-0.05, 0) is 74.2 Å². The minimum Gasteiger partial charge on any atom is -0.340 e. The largest absolute Gasteiger partial charge is 0.340 e. The maximum Gasteiger partial charge on any atom is 0.258 e. The Bertz CT molecular complexity index is 1340. The summed E-state index contributed by atoms with van der Waals surface area (Å²) in [4.78, 5) is 32.9. The summed E-state index contributed by atoms with van der Waals surface area (Å²) in [6.45, 7) is 11.4. The number of fused-ring (bicyclic) bond motifs is 2. The van der Waals surface area contributed by atoms with Crippen molar-refractivity contribution in [2.24, 2.45) is 7.05 Å². The van der Waals surface area contributed by atoms with E-state index in [1.807, 2.05) is 67.2 Å². The molecule has 0 bridgehead atoms. The van der Waals surface area contributed by atoms with Gasteiger partial charge in [0.2, 0.25) is 5.91 Å². The molecule has 2 amide bonds. The van der Waals surface area contributed by atoms with E-state index in [1.54, 1.807) is 4.68 Å². The van der Waals surface area contributed by atoms with E-state index in [-0.39, 0.29) is 11.8 Å². The number of carbonyl (C=O) groups excluding carboxylic acids is 2. The topological polar surface area (TPSA) is 73.7 Å². The quantitative estimate of drug-likeness (QED) is 0.527. The Labute approximate surface area is 225 Å². The standard InChI is InChI=1S/C30H38N6O2/c1-5-12-34-13-15-35(16-14-34)28(37)11-9-23-7-8-24(18-22(23)3)30(38)36-20-25-19-31-33(4)29(25)32-26-17-21(2)6-10-27(26)36/h6-8,10,17-19,32H,5,9,11-16,20H2,1-4H3. The molecule has 8 heteroatoms. The van der Waals surface area contributed by atoms with Gasteiger partial charge in [0.1, 0.15) is 5.82 Å². The number of aryl methyl sites for hydroxylation is 4. The van der Waals surface area contributed by atoms with Gasteiger partial charge in [-0.15, -0.1) is 0 Å². The number of hydrogen-bond acceptors (Lipinski definition) is 5. The molecule has 5 rings (SSSR count). The summed E-state index contributed by atoms with van der Waals surface area (Å²) in [6, 6.07) is 12.0. The van der Waals surface area contributed by atoms with Crippen LogP contribution in [-0.2, 0) is 24.8 Å². The third-order valence-electron chi connectivity index (χ3n) is 7.75. The van der Waals surface area contributed by atoms with E-state index in [1.165, 1.54) is 0 Å². The van der Waals surface area contributed by atoms with Crippen LogP contribution >= 0.6 is 0 Å². The van der Waals surface area contributed by atoms with E-state index < -0.39 is 0 Å². The van der Waals surface area contributed by atoms with Crippen molar-refractivity contribution < 1.29 is 9.59 Å². The van der Waals surface area contributed by atoms with Gasteiger partial charge < -0.3 is 15.1 Å². The lowest BCUT2D eigenvalue weighted by atomic mass is 10.00. The highest BCUT2D eigenvalue weighted by atomic mass is 16.2. The number of rotatable bonds is 6. The Balaban J connectivity index is 1.29. The van der Waals surface area contributed by atoms with Crippen LogP contribution in [0.15, 0.2) is 42.6 Å². The van der Waals surface area contributed by atoms with Gasteiger partial charge in [-0.1, -0.05) is 19.1 Å². The molecule has 1 N–H and O–H groups in total. The number of aromatic nitrogens is 2. The summed E-state index contributed by atoms with van der Waals surface area (Å²) in [5.74, 6) is 1.07. The second kappa shape index (κ2) is 11.0. The Kier molecular flexibility index (Phi) is 7.51. The van der Waals surface area contributed by atoms with E-state index in [4.69, 9.17) is 0 Å². The van der Waals surface area contributed by atoms with E-state index >= 15 is 0 Å². The number of carbonyl (C=O) groups is 2. The van der Waals surface area contributed by atoms with E-state index in [0.29, 0.717) is 24.9 Å². The highest BCUT2D eigenvalue weighted by molar-refractivity contribution is 6.08. The minimum atomic E-state index is -0.0516. The SMILES string of the molecule is CCCN1CCN(C(=O)CCc2ccc(C(=O)N3Cc4cnn(C)c4Nc4cc(C)ccc43)cc2C)CC1. The molecule has 2 aromatic carbocycles. The number of anilines is 3. The zero-order chi connectivity index (χ0) is 26.8. The second-order valence-electron chi connectivity index (χ2n) is 10.5. The predicted octanol–water partition coefficient (Wildman–Crippen LogP) is 4.43. The number of amides is 2. The van der Waals surface area contributed by atoms with Crippen molar-refractivity contribution in [3.8, 4) is 0 Å². The average Bonchev–Trinajstić information content (AvgIpc) is 3.16. The fraction of sp³-hybridized carbons (Fsp3) is 0.433. The van der Waals surface area contributed by atoms with Crippen molar-refractivity contribution in [1.29, 1.82) is 0 Å². The number of nitrogens with one attached hydrogen (secondary N) is 1. The minimum absolute atomic E-state index is 0.0516. The van der Waals surface area contributed by atoms with Gasteiger partial charge in [-0.2, -0.15) is 5.10 Å². The van der Waals surface area contributed by atoms with Crippen molar-refractivity contribution in [3.05, 3.63) is 70.4 Å². The maximum atomic E-state index is 13.8. The van der Waals surface area contributed by atoms with E-state index in [9.17, 15) is 9.59 Å². The molecule has 0 unspecified atom stereocenters. The molecule has 2 aliphatic rings. The normalized spacial score (nSPS) is 15.5. The van der Waals surface area contributed by atoms with Gasteiger partial charge in [0, 0.05) is 50.8 Å². The highest BCUT2D eigenvalue weighted by Gasteiger charge is 2.27. The maximum absolute atomic E-state index is 13.8. The van der Waals surface area contributed by atoms with Crippen molar-refractivity contribution >= 4 is 29.0 Å². The smallest absolute Gasteiger partial charge is 0.258 e. The van der Waals surface area contributed by atoms with Crippen LogP contribution in [0.5, 0.6) is 0 Å². The molecule has 3 aromatic rings. The predicted molar refractivity (Wildman–Crippen MR) is 151 cm³/mol. The van der Waals surface area contributed by atoms with Crippen molar-refractivity contribution in [3.63, 3.8) is 0 Å². The summed E-state index contributed by atoms with van der Waals surface area (Å²) in [7, 11) is 1.90. The first-order chi connectivity index (χ1) is 18.3. The summed E-state index contributed by atoms with van der Waals surface area (Å²) in [5, 5.41) is 7.87. The molecule has 38 heavy (non-hydrogen) atoms. The number of nitrogens with zero attached hydrogens (tertiary/aromatic N) is 5. The first-order valence-corrected chi connectivity index (χ1v) is 13.6. The van der Waals surface area contributed by atoms with Crippen molar-refractivity contribution in [2.45, 2.75) is 46.6 Å². The summed E-state index contributed by atoms with van der Waals surface area (Å²) >= 11 is 0. The zero-order valence-electron chi connectivity index (χ0n) is 23.0. The first-order valence-electron chi connectivity index (χ1n) is 13.6. The summed E-state index contributed by atoms with van der Waals surface area (Å²) in [5.41, 5.74) is 6.62. The molecule has 0 aliphatic carbocycles. The van der Waals surface area contributed by atoms with Gasteiger partial charge >= 0.3 is 0 Å². The fourth-order valence-corrected chi connectivity index (χ4v) is 5.51. The summed E-state index contributed by atoms with van der Waals surface area (Å²) in [6.07, 6.45) is 4.15. The molecule has 0 spiro atoms. The van der Waals surface area contributed by atoms with Crippen LogP contribution < -0.4 is 10.2 Å². The van der Waals surface area contributed by atoms with E-state index in [2.05, 4.69) is 28.3 Å². The van der Waals surface area contributed by atoms with Crippen molar-refractivity contribution in [1.82, 2.24) is 19.6 Å². The molecule has 1 fully saturated rings. The Morgan fingerprint density at radius 3 is 2.55 bits per heavy atom. The Hall–Kier alpha value is -3.65. The molecule has 8 nitrogen and oxygen atoms in total. The van der Waals surface area contributed by atoms with E-state index in [0.717, 1.165) is 78.6 Å². The van der Waals surface area contributed by atoms with Crippen LogP contribution in [-0.4, -0.2) is 64.1 Å². The van der Waals surface area contributed by atoms with Gasteiger partial charge in [0.25, 0.3) is 5.91 Å². The second-order valence-corrected chi connectivity index (χ2v) is 10.5. The number of hydrogen-bond donors (Lipinski definition) is 1. The zero-order valence-corrected chi connectivity index (χ0v) is 23.0. The number of benzene rings is 2. The van der Waals surface area contributed by atoms with Crippen LogP contribution in [0, 0.1) is 13.8 Å². The van der Waals surface area contributed by atoms with Crippen LogP contribution in [0.2, 0.25) is 0 Å². The van der Waals surface area contributed by atoms with Gasteiger partial charge in [0.15, 0.2) is 0 Å². The Morgan fingerprint density at radius 2 is 1.82 bits per heavy atom. The molecule has 2 aliphatic heterocycles. The molecule has 0 atom stereocenters. The molecular weight excluding hydrogens is 476 g/mol. The lowest BCUT2D eigenvalue weighted by molar-refractivity contribution is -0.132. The average molecular weight is 515 g/mol. The van der Waals surface area contributed by atoms with Crippen LogP contribution in [0.1, 0.15) is 52.4 Å². The molecule has 1 aromatic heterocycles. The lowest BCUT2D eigenvalue weighted by Crippen LogP contribution is -2.48.